The van der Waals surface area contributed by atoms with Crippen molar-refractivity contribution in [2.24, 2.45) is 5.73 Å². The SMILES string of the molecule is CC[C@@]1(O)C(=O)OCc2c1cc1n(c2=O)Cc2c-1nc1cc(F)c(C)c3c1c2C(C)(OC(N)=O)CC3. The van der Waals surface area contributed by atoms with E-state index in [2.05, 4.69) is 0 Å². The minimum absolute atomic E-state index is 0.0172. The number of aryl methyl sites for hydroxylation is 1. The van der Waals surface area contributed by atoms with Crippen LogP contribution >= 0.6 is 0 Å². The molecule has 2 aromatic heterocycles. The second kappa shape index (κ2) is 7.13. The van der Waals surface area contributed by atoms with Crippen LogP contribution in [0.4, 0.5) is 9.18 Å². The van der Waals surface area contributed by atoms with Gasteiger partial charge in [-0.15, -0.1) is 0 Å². The fraction of sp³-hybridized carbons (Fsp3) is 0.385. The number of fused-ring (bicyclic) bond motifs is 5. The Morgan fingerprint density at radius 2 is 2.06 bits per heavy atom. The zero-order chi connectivity index (χ0) is 25.7. The normalized spacial score (nSPS) is 23.6. The first-order chi connectivity index (χ1) is 17.0. The highest BCUT2D eigenvalue weighted by molar-refractivity contribution is 5.94. The third kappa shape index (κ3) is 2.73. The number of aromatic nitrogens is 2. The van der Waals surface area contributed by atoms with Gasteiger partial charge in [0.25, 0.3) is 5.56 Å². The van der Waals surface area contributed by atoms with Crippen molar-refractivity contribution in [1.29, 1.82) is 0 Å². The molecule has 0 radical (unpaired) electrons. The summed E-state index contributed by atoms with van der Waals surface area (Å²) in [5, 5.41) is 11.8. The van der Waals surface area contributed by atoms with Crippen molar-refractivity contribution in [2.75, 3.05) is 0 Å². The smallest absolute Gasteiger partial charge is 0.405 e. The lowest BCUT2D eigenvalue weighted by atomic mass is 9.76. The highest BCUT2D eigenvalue weighted by Crippen LogP contribution is 2.49. The number of halogens is 1. The molecule has 1 aliphatic carbocycles. The summed E-state index contributed by atoms with van der Waals surface area (Å²) in [6.45, 7) is 4.97. The quantitative estimate of drug-likeness (QED) is 0.410. The number of pyridine rings is 2. The molecule has 6 rings (SSSR count). The number of benzene rings is 1. The number of nitrogens with zero attached hydrogens (tertiary/aromatic N) is 2. The van der Waals surface area contributed by atoms with Crippen molar-refractivity contribution >= 4 is 23.0 Å². The highest BCUT2D eigenvalue weighted by atomic mass is 19.1. The number of rotatable bonds is 2. The van der Waals surface area contributed by atoms with Gasteiger partial charge in [0.05, 0.1) is 29.0 Å². The number of nitrogens with two attached hydrogens (primary N) is 1. The Morgan fingerprint density at radius 1 is 1.31 bits per heavy atom. The van der Waals surface area contributed by atoms with Crippen LogP contribution in [0.2, 0.25) is 0 Å². The molecule has 0 saturated heterocycles. The molecule has 36 heavy (non-hydrogen) atoms. The number of primary amides is 1. The minimum Gasteiger partial charge on any atom is -0.458 e. The largest absolute Gasteiger partial charge is 0.458 e. The first-order valence-corrected chi connectivity index (χ1v) is 11.8. The van der Waals surface area contributed by atoms with Crippen molar-refractivity contribution < 1.29 is 28.6 Å². The summed E-state index contributed by atoms with van der Waals surface area (Å²) in [6, 6.07) is 2.94. The van der Waals surface area contributed by atoms with Gasteiger partial charge in [0.1, 0.15) is 18.0 Å². The van der Waals surface area contributed by atoms with E-state index in [0.29, 0.717) is 51.8 Å². The molecule has 186 valence electrons. The Bertz CT molecular complexity index is 1610. The van der Waals surface area contributed by atoms with Gasteiger partial charge in [0.15, 0.2) is 5.60 Å². The van der Waals surface area contributed by atoms with Gasteiger partial charge in [-0.3, -0.25) is 4.79 Å². The molecule has 2 aliphatic heterocycles. The third-order valence-electron chi connectivity index (χ3n) is 8.01. The Hall–Kier alpha value is -3.79. The van der Waals surface area contributed by atoms with Crippen molar-refractivity contribution in [3.63, 3.8) is 0 Å². The van der Waals surface area contributed by atoms with Crippen LogP contribution in [-0.2, 0) is 45.0 Å². The number of hydrogen-bond acceptors (Lipinski definition) is 7. The monoisotopic (exact) mass is 493 g/mol. The van der Waals surface area contributed by atoms with Crippen LogP contribution in [0.5, 0.6) is 0 Å². The van der Waals surface area contributed by atoms with Gasteiger partial charge >= 0.3 is 12.1 Å². The van der Waals surface area contributed by atoms with E-state index in [1.54, 1.807) is 26.8 Å². The number of aliphatic hydroxyl groups is 1. The Balaban J connectivity index is 1.71. The zero-order valence-electron chi connectivity index (χ0n) is 20.0. The van der Waals surface area contributed by atoms with Crippen LogP contribution in [0.3, 0.4) is 0 Å². The fourth-order valence-corrected chi connectivity index (χ4v) is 6.10. The van der Waals surface area contributed by atoms with Crippen LogP contribution < -0.4 is 11.3 Å². The average molecular weight is 493 g/mol. The van der Waals surface area contributed by atoms with Crippen LogP contribution in [0, 0.1) is 12.7 Å². The highest BCUT2D eigenvalue weighted by Gasteiger charge is 2.47. The first-order valence-electron chi connectivity index (χ1n) is 11.8. The summed E-state index contributed by atoms with van der Waals surface area (Å²) in [4.78, 5) is 42.7. The molecule has 3 aromatic rings. The number of carbonyl (C=O) groups excluding carboxylic acids is 2. The number of carbonyl (C=O) groups is 2. The van der Waals surface area contributed by atoms with E-state index in [-0.39, 0.29) is 30.7 Å². The average Bonchev–Trinajstić information content (AvgIpc) is 3.19. The first kappa shape index (κ1) is 22.7. The second-order valence-corrected chi connectivity index (χ2v) is 9.93. The number of esters is 1. The molecule has 3 N–H and O–H groups in total. The fourth-order valence-electron chi connectivity index (χ4n) is 6.10. The molecule has 1 aromatic carbocycles. The molecular weight excluding hydrogens is 469 g/mol. The van der Waals surface area contributed by atoms with Gasteiger partial charge in [0, 0.05) is 28.1 Å². The van der Waals surface area contributed by atoms with Gasteiger partial charge in [0.2, 0.25) is 0 Å². The number of amides is 1. The molecule has 1 unspecified atom stereocenters. The maximum Gasteiger partial charge on any atom is 0.405 e. The summed E-state index contributed by atoms with van der Waals surface area (Å²) < 4.78 is 27.2. The molecule has 10 heteroatoms. The minimum atomic E-state index is -1.96. The van der Waals surface area contributed by atoms with Crippen molar-refractivity contribution in [2.45, 2.75) is 64.4 Å². The molecule has 0 bridgehead atoms. The van der Waals surface area contributed by atoms with Gasteiger partial charge < -0.3 is 24.9 Å². The van der Waals surface area contributed by atoms with Gasteiger partial charge in [-0.25, -0.2) is 19.0 Å². The summed E-state index contributed by atoms with van der Waals surface area (Å²) in [6.07, 6.45) is -0.0890. The molecule has 9 nitrogen and oxygen atoms in total. The molecule has 2 atom stereocenters. The Morgan fingerprint density at radius 3 is 2.75 bits per heavy atom. The van der Waals surface area contributed by atoms with E-state index in [4.69, 9.17) is 20.2 Å². The summed E-state index contributed by atoms with van der Waals surface area (Å²) in [5.74, 6) is -1.22. The van der Waals surface area contributed by atoms with E-state index in [1.807, 2.05) is 0 Å². The zero-order valence-corrected chi connectivity index (χ0v) is 20.0. The maximum atomic E-state index is 14.9. The predicted octanol–water partition coefficient (Wildman–Crippen LogP) is 2.78. The number of hydrogen-bond donors (Lipinski definition) is 2. The lowest BCUT2D eigenvalue weighted by Gasteiger charge is -2.36. The topological polar surface area (TPSA) is 134 Å². The molecule has 3 aliphatic rings. The van der Waals surface area contributed by atoms with Crippen LogP contribution in [0.25, 0.3) is 22.3 Å². The molecule has 0 saturated carbocycles. The number of ether oxygens (including phenoxy) is 2. The van der Waals surface area contributed by atoms with E-state index >= 15 is 0 Å². The number of cyclic esters (lactones) is 1. The lowest BCUT2D eigenvalue weighted by molar-refractivity contribution is -0.172. The van der Waals surface area contributed by atoms with Crippen molar-refractivity contribution in [1.82, 2.24) is 9.55 Å². The van der Waals surface area contributed by atoms with Crippen LogP contribution in [-0.4, -0.2) is 26.7 Å². The predicted molar refractivity (Wildman–Crippen MR) is 126 cm³/mol. The third-order valence-corrected chi connectivity index (χ3v) is 8.01. The Labute approximate surface area is 204 Å². The maximum absolute atomic E-state index is 14.9. The summed E-state index contributed by atoms with van der Waals surface area (Å²) >= 11 is 0. The van der Waals surface area contributed by atoms with Gasteiger partial charge in [-0.1, -0.05) is 6.92 Å². The van der Waals surface area contributed by atoms with Crippen molar-refractivity contribution in [3.05, 3.63) is 61.7 Å². The van der Waals surface area contributed by atoms with Gasteiger partial charge in [-0.05, 0) is 50.3 Å². The lowest BCUT2D eigenvalue weighted by Crippen LogP contribution is -2.44. The summed E-state index contributed by atoms with van der Waals surface area (Å²) in [7, 11) is 0. The standard InChI is InChI=1S/C26H24FN3O6/c1-4-26(34)15-7-18-21-13(9-30(18)22(31)14(15)10-35-23(26)32)20-19-12(5-6-25(20,3)36-24(28)33)11(2)16(27)8-17(19)29-21/h7-8,34H,4-6,9-10H2,1-3H3,(H2,28,33)/t25?,26-/m0/s1. The molecule has 0 fully saturated rings. The van der Waals surface area contributed by atoms with E-state index in [0.717, 1.165) is 5.56 Å². The molecule has 0 spiro atoms. The van der Waals surface area contributed by atoms with E-state index in [9.17, 15) is 23.9 Å². The van der Waals surface area contributed by atoms with Gasteiger partial charge in [-0.2, -0.15) is 0 Å². The van der Waals surface area contributed by atoms with Crippen molar-refractivity contribution in [3.8, 4) is 11.4 Å². The molecule has 4 heterocycles. The Kier molecular flexibility index (Phi) is 4.49. The van der Waals surface area contributed by atoms with E-state index in [1.165, 1.54) is 10.6 Å². The van der Waals surface area contributed by atoms with E-state index < -0.39 is 34.6 Å². The van der Waals surface area contributed by atoms with Crippen LogP contribution in [0.15, 0.2) is 16.9 Å². The molecular formula is C26H24FN3O6. The second-order valence-electron chi connectivity index (χ2n) is 9.93. The summed E-state index contributed by atoms with van der Waals surface area (Å²) in [5.41, 5.74) is 6.08. The molecule has 1 amide bonds. The van der Waals surface area contributed by atoms with Crippen LogP contribution in [0.1, 0.15) is 60.1 Å².